The van der Waals surface area contributed by atoms with Crippen LogP contribution in [0.5, 0.6) is 0 Å². The summed E-state index contributed by atoms with van der Waals surface area (Å²) in [6.07, 6.45) is 0.0385. The van der Waals surface area contributed by atoms with Crippen LogP contribution in [0.25, 0.3) is 0 Å². The van der Waals surface area contributed by atoms with Gasteiger partial charge in [-0.25, -0.2) is 12.8 Å². The van der Waals surface area contributed by atoms with Gasteiger partial charge in [0.05, 0.1) is 17.1 Å². The van der Waals surface area contributed by atoms with E-state index in [-0.39, 0.29) is 41.2 Å². The van der Waals surface area contributed by atoms with Crippen molar-refractivity contribution in [3.05, 3.63) is 71.4 Å². The smallest absolute Gasteiger partial charge is 0.322 e. The second-order valence-corrected chi connectivity index (χ2v) is 8.34. The predicted octanol–water partition coefficient (Wildman–Crippen LogP) is 2.91. The third-order valence-electron chi connectivity index (χ3n) is 3.96. The number of hydrogen-bond donors (Lipinski definition) is 1. The van der Waals surface area contributed by atoms with E-state index >= 15 is 0 Å². The van der Waals surface area contributed by atoms with E-state index in [0.717, 1.165) is 11.1 Å². The van der Waals surface area contributed by atoms with Gasteiger partial charge in [-0.1, -0.05) is 34.9 Å². The minimum absolute atomic E-state index is 0.116. The highest BCUT2D eigenvalue weighted by Crippen LogP contribution is 2.15. The number of aryl methyl sites for hydroxylation is 1. The van der Waals surface area contributed by atoms with E-state index in [4.69, 9.17) is 4.42 Å². The monoisotopic (exact) mass is 403 g/mol. The van der Waals surface area contributed by atoms with Crippen molar-refractivity contribution < 1.29 is 22.0 Å². The Morgan fingerprint density at radius 1 is 1.07 bits per heavy atom. The van der Waals surface area contributed by atoms with Crippen LogP contribution in [0.4, 0.5) is 10.4 Å². The molecule has 3 rings (SSSR count). The topological polar surface area (TPSA) is 102 Å². The Bertz CT molecular complexity index is 1060. The molecule has 0 aliphatic heterocycles. The van der Waals surface area contributed by atoms with E-state index in [1.165, 1.54) is 24.3 Å². The van der Waals surface area contributed by atoms with Crippen molar-refractivity contribution >= 4 is 21.8 Å². The van der Waals surface area contributed by atoms with Gasteiger partial charge in [0, 0.05) is 6.42 Å². The molecular weight excluding hydrogens is 385 g/mol. The van der Waals surface area contributed by atoms with Crippen molar-refractivity contribution in [1.29, 1.82) is 0 Å². The first-order chi connectivity index (χ1) is 13.3. The molecule has 9 heteroatoms. The molecular formula is C19H18FN3O4S. The van der Waals surface area contributed by atoms with Crippen LogP contribution in [0, 0.1) is 12.7 Å². The standard InChI is InChI=1S/C19H18FN3O4S/c1-13-2-8-16(9-3-13)28(25,26)11-10-17(24)21-19-23-22-18(27-19)12-14-4-6-15(20)7-5-14/h2-9H,10-12H2,1H3,(H,21,23,24). The zero-order valence-electron chi connectivity index (χ0n) is 15.1. The summed E-state index contributed by atoms with van der Waals surface area (Å²) in [5, 5.41) is 9.91. The number of carbonyl (C=O) groups excluding carboxylic acids is 1. The van der Waals surface area contributed by atoms with Gasteiger partial charge in [0.1, 0.15) is 5.82 Å². The SMILES string of the molecule is Cc1ccc(S(=O)(=O)CCC(=O)Nc2nnc(Cc3ccc(F)cc3)o2)cc1. The number of benzene rings is 2. The van der Waals surface area contributed by atoms with E-state index in [1.54, 1.807) is 24.3 Å². The van der Waals surface area contributed by atoms with Gasteiger partial charge in [0.2, 0.25) is 11.8 Å². The molecule has 1 amide bonds. The van der Waals surface area contributed by atoms with E-state index in [1.807, 2.05) is 6.92 Å². The summed E-state index contributed by atoms with van der Waals surface area (Å²) < 4.78 is 42.8. The van der Waals surface area contributed by atoms with Crippen LogP contribution in [-0.2, 0) is 21.1 Å². The maximum atomic E-state index is 12.9. The summed E-state index contributed by atoms with van der Waals surface area (Å²) in [7, 11) is -3.56. The largest absolute Gasteiger partial charge is 0.407 e. The van der Waals surface area contributed by atoms with Crippen molar-refractivity contribution in [3.63, 3.8) is 0 Å². The van der Waals surface area contributed by atoms with E-state index in [2.05, 4.69) is 15.5 Å². The molecule has 1 aromatic heterocycles. The Hall–Kier alpha value is -3.07. The highest BCUT2D eigenvalue weighted by molar-refractivity contribution is 7.91. The molecule has 146 valence electrons. The lowest BCUT2D eigenvalue weighted by Gasteiger charge is -2.04. The van der Waals surface area contributed by atoms with Crippen LogP contribution < -0.4 is 5.32 Å². The zero-order valence-corrected chi connectivity index (χ0v) is 15.9. The zero-order chi connectivity index (χ0) is 20.1. The Labute approximate surface area is 161 Å². The van der Waals surface area contributed by atoms with E-state index in [9.17, 15) is 17.6 Å². The van der Waals surface area contributed by atoms with Gasteiger partial charge >= 0.3 is 6.01 Å². The molecule has 2 aromatic carbocycles. The van der Waals surface area contributed by atoms with E-state index < -0.39 is 15.7 Å². The third-order valence-corrected chi connectivity index (χ3v) is 5.69. The fraction of sp³-hybridized carbons (Fsp3) is 0.211. The Balaban J connectivity index is 1.54. The third kappa shape index (κ3) is 5.23. The molecule has 0 saturated heterocycles. The number of carbonyl (C=O) groups is 1. The van der Waals surface area contributed by atoms with Crippen LogP contribution in [0.2, 0.25) is 0 Å². The maximum Gasteiger partial charge on any atom is 0.322 e. The number of sulfone groups is 1. The highest BCUT2D eigenvalue weighted by Gasteiger charge is 2.17. The second-order valence-electron chi connectivity index (χ2n) is 6.23. The minimum Gasteiger partial charge on any atom is -0.407 e. The van der Waals surface area contributed by atoms with Crippen LogP contribution >= 0.6 is 0 Å². The fourth-order valence-corrected chi connectivity index (χ4v) is 3.67. The molecule has 0 aliphatic carbocycles. The lowest BCUT2D eigenvalue weighted by atomic mass is 10.1. The van der Waals surface area contributed by atoms with Gasteiger partial charge in [-0.3, -0.25) is 10.1 Å². The molecule has 0 radical (unpaired) electrons. The van der Waals surface area contributed by atoms with Crippen LogP contribution in [0.3, 0.4) is 0 Å². The van der Waals surface area contributed by atoms with Crippen LogP contribution in [0.1, 0.15) is 23.4 Å². The van der Waals surface area contributed by atoms with Crippen molar-refractivity contribution in [2.24, 2.45) is 0 Å². The quantitative estimate of drug-likeness (QED) is 0.651. The normalized spacial score (nSPS) is 11.4. The fourth-order valence-electron chi connectivity index (χ4n) is 2.42. The summed E-state index contributed by atoms with van der Waals surface area (Å²) in [6, 6.07) is 12.1. The first kappa shape index (κ1) is 19.7. The van der Waals surface area contributed by atoms with E-state index in [0.29, 0.717) is 0 Å². The lowest BCUT2D eigenvalue weighted by molar-refractivity contribution is -0.116. The summed E-state index contributed by atoms with van der Waals surface area (Å²) in [5.74, 6) is -0.983. The van der Waals surface area contributed by atoms with Crippen molar-refractivity contribution in [2.45, 2.75) is 24.7 Å². The van der Waals surface area contributed by atoms with Gasteiger partial charge in [-0.05, 0) is 36.8 Å². The Morgan fingerprint density at radius 2 is 1.75 bits per heavy atom. The van der Waals surface area contributed by atoms with Gasteiger partial charge in [0.25, 0.3) is 0 Å². The predicted molar refractivity (Wildman–Crippen MR) is 100.0 cm³/mol. The number of nitrogens with one attached hydrogen (secondary N) is 1. The molecule has 28 heavy (non-hydrogen) atoms. The lowest BCUT2D eigenvalue weighted by Crippen LogP contribution is -2.17. The second kappa shape index (κ2) is 8.30. The van der Waals surface area contributed by atoms with Crippen molar-refractivity contribution in [3.8, 4) is 0 Å². The summed E-state index contributed by atoms with van der Waals surface area (Å²) in [5.41, 5.74) is 1.72. The molecule has 0 aliphatic rings. The molecule has 3 aromatic rings. The number of aromatic nitrogens is 2. The number of anilines is 1. The molecule has 1 N–H and O–H groups in total. The van der Waals surface area contributed by atoms with Crippen molar-refractivity contribution in [1.82, 2.24) is 10.2 Å². The number of amides is 1. The number of nitrogens with zero attached hydrogens (tertiary/aromatic N) is 2. The van der Waals surface area contributed by atoms with Gasteiger partial charge in [-0.2, -0.15) is 0 Å². The van der Waals surface area contributed by atoms with Crippen molar-refractivity contribution in [2.75, 3.05) is 11.1 Å². The van der Waals surface area contributed by atoms with Crippen LogP contribution in [0.15, 0.2) is 57.8 Å². The Kier molecular flexibility index (Phi) is 5.84. The van der Waals surface area contributed by atoms with Gasteiger partial charge in [0.15, 0.2) is 9.84 Å². The summed E-state index contributed by atoms with van der Waals surface area (Å²) in [6.45, 7) is 1.86. The molecule has 0 unspecified atom stereocenters. The van der Waals surface area contributed by atoms with Gasteiger partial charge < -0.3 is 4.42 Å². The number of hydrogen-bond acceptors (Lipinski definition) is 6. The average Bonchev–Trinajstić information content (AvgIpc) is 3.09. The molecule has 0 bridgehead atoms. The maximum absolute atomic E-state index is 12.9. The minimum atomic E-state index is -3.56. The average molecular weight is 403 g/mol. The van der Waals surface area contributed by atoms with Gasteiger partial charge in [-0.15, -0.1) is 5.10 Å². The summed E-state index contributed by atoms with van der Waals surface area (Å²) >= 11 is 0. The molecule has 0 saturated carbocycles. The molecule has 1 heterocycles. The molecule has 7 nitrogen and oxygen atoms in total. The van der Waals surface area contributed by atoms with Crippen LogP contribution in [-0.4, -0.2) is 30.3 Å². The molecule has 0 atom stereocenters. The highest BCUT2D eigenvalue weighted by atomic mass is 32.2. The molecule has 0 fully saturated rings. The summed E-state index contributed by atoms with van der Waals surface area (Å²) in [4.78, 5) is 12.2. The number of rotatable bonds is 7. The Morgan fingerprint density at radius 3 is 2.43 bits per heavy atom. The molecule has 0 spiro atoms. The number of halogens is 1. The first-order valence-electron chi connectivity index (χ1n) is 8.48. The first-order valence-corrected chi connectivity index (χ1v) is 10.1.